The minimum Gasteiger partial charge on any atom is -0.497 e. The predicted molar refractivity (Wildman–Crippen MR) is 75.0 cm³/mol. The fourth-order valence-electron chi connectivity index (χ4n) is 2.01. The fourth-order valence-corrected chi connectivity index (χ4v) is 2.17. The quantitative estimate of drug-likeness (QED) is 0.929. The van der Waals surface area contributed by atoms with Gasteiger partial charge >= 0.3 is 0 Å². The first-order valence-corrected chi connectivity index (χ1v) is 6.22. The van der Waals surface area contributed by atoms with Gasteiger partial charge in [-0.3, -0.25) is 0 Å². The van der Waals surface area contributed by atoms with Crippen LogP contribution in [0, 0.1) is 5.82 Å². The largest absolute Gasteiger partial charge is 0.497 e. The Morgan fingerprint density at radius 2 is 1.95 bits per heavy atom. The summed E-state index contributed by atoms with van der Waals surface area (Å²) in [5.74, 6) is 0.267. The number of ether oxygens (including phenoxy) is 1. The van der Waals surface area contributed by atoms with Gasteiger partial charge in [-0.2, -0.15) is 0 Å². The van der Waals surface area contributed by atoms with E-state index in [1.54, 1.807) is 32.2 Å². The van der Waals surface area contributed by atoms with Crippen molar-refractivity contribution in [2.75, 3.05) is 7.11 Å². The van der Waals surface area contributed by atoms with E-state index in [-0.39, 0.29) is 0 Å². The normalized spacial score (nSPS) is 13.9. The van der Waals surface area contributed by atoms with E-state index in [1.807, 2.05) is 18.2 Å². The molecular formula is C15H15ClFNO. The van der Waals surface area contributed by atoms with Crippen molar-refractivity contribution < 1.29 is 9.13 Å². The number of hydrogen-bond donors (Lipinski definition) is 1. The van der Waals surface area contributed by atoms with E-state index >= 15 is 0 Å². The Bertz CT molecular complexity index is 598. The van der Waals surface area contributed by atoms with Crippen molar-refractivity contribution in [2.24, 2.45) is 5.73 Å². The summed E-state index contributed by atoms with van der Waals surface area (Å²) in [6, 6.07) is 11.8. The van der Waals surface area contributed by atoms with Crippen LogP contribution in [0.2, 0.25) is 5.02 Å². The first-order chi connectivity index (χ1) is 8.95. The predicted octanol–water partition coefficient (Wildman–Crippen LogP) is 3.71. The summed E-state index contributed by atoms with van der Waals surface area (Å²) in [5.41, 5.74) is 6.51. The van der Waals surface area contributed by atoms with Crippen molar-refractivity contribution in [2.45, 2.75) is 12.5 Å². The van der Waals surface area contributed by atoms with Crippen molar-refractivity contribution in [3.63, 3.8) is 0 Å². The number of rotatable bonds is 3. The van der Waals surface area contributed by atoms with Gasteiger partial charge in [-0.25, -0.2) is 4.39 Å². The van der Waals surface area contributed by atoms with Crippen LogP contribution < -0.4 is 10.5 Å². The number of hydrogen-bond acceptors (Lipinski definition) is 2. The van der Waals surface area contributed by atoms with Crippen LogP contribution in [0.15, 0.2) is 42.5 Å². The van der Waals surface area contributed by atoms with Crippen molar-refractivity contribution in [1.29, 1.82) is 0 Å². The summed E-state index contributed by atoms with van der Waals surface area (Å²) in [6.45, 7) is 1.76. The summed E-state index contributed by atoms with van der Waals surface area (Å²) in [6.07, 6.45) is 0. The van der Waals surface area contributed by atoms with Crippen molar-refractivity contribution in [3.05, 3.63) is 64.4 Å². The van der Waals surface area contributed by atoms with Gasteiger partial charge in [0.15, 0.2) is 0 Å². The highest BCUT2D eigenvalue weighted by atomic mass is 35.5. The van der Waals surface area contributed by atoms with Crippen molar-refractivity contribution >= 4 is 11.6 Å². The maximum atomic E-state index is 14.0. The lowest BCUT2D eigenvalue weighted by Crippen LogP contribution is -2.35. The van der Waals surface area contributed by atoms with E-state index in [1.165, 1.54) is 6.07 Å². The molecule has 0 saturated carbocycles. The third-order valence-corrected chi connectivity index (χ3v) is 3.40. The lowest BCUT2D eigenvalue weighted by atomic mass is 9.85. The molecule has 19 heavy (non-hydrogen) atoms. The van der Waals surface area contributed by atoms with Crippen LogP contribution in [0.25, 0.3) is 0 Å². The SMILES string of the molecule is COc1cccc(C(C)(N)c2ccc(Cl)cc2F)c1. The summed E-state index contributed by atoms with van der Waals surface area (Å²) in [4.78, 5) is 0. The lowest BCUT2D eigenvalue weighted by molar-refractivity contribution is 0.412. The summed E-state index contributed by atoms with van der Waals surface area (Å²) in [7, 11) is 1.58. The van der Waals surface area contributed by atoms with Gasteiger partial charge in [0, 0.05) is 10.6 Å². The molecule has 2 rings (SSSR count). The van der Waals surface area contributed by atoms with Gasteiger partial charge in [-0.1, -0.05) is 29.8 Å². The number of nitrogens with two attached hydrogens (primary N) is 1. The van der Waals surface area contributed by atoms with Gasteiger partial charge in [-0.15, -0.1) is 0 Å². The van der Waals surface area contributed by atoms with Crippen molar-refractivity contribution in [1.82, 2.24) is 0 Å². The van der Waals surface area contributed by atoms with E-state index in [9.17, 15) is 4.39 Å². The van der Waals surface area contributed by atoms with Gasteiger partial charge in [0.1, 0.15) is 11.6 Å². The molecule has 0 heterocycles. The Balaban J connectivity index is 2.51. The van der Waals surface area contributed by atoms with Crippen LogP contribution in [-0.4, -0.2) is 7.11 Å². The van der Waals surface area contributed by atoms with E-state index in [4.69, 9.17) is 22.1 Å². The second kappa shape index (κ2) is 5.19. The molecule has 0 fully saturated rings. The van der Waals surface area contributed by atoms with Crippen molar-refractivity contribution in [3.8, 4) is 5.75 Å². The summed E-state index contributed by atoms with van der Waals surface area (Å²) < 4.78 is 19.2. The topological polar surface area (TPSA) is 35.2 Å². The van der Waals surface area contributed by atoms with E-state index < -0.39 is 11.4 Å². The molecule has 2 nitrogen and oxygen atoms in total. The second-order valence-electron chi connectivity index (χ2n) is 4.56. The first kappa shape index (κ1) is 13.8. The van der Waals surface area contributed by atoms with Gasteiger partial charge in [0.25, 0.3) is 0 Å². The molecule has 0 aliphatic carbocycles. The molecule has 0 aromatic heterocycles. The third-order valence-electron chi connectivity index (χ3n) is 3.16. The highest BCUT2D eigenvalue weighted by molar-refractivity contribution is 6.30. The average molecular weight is 280 g/mol. The van der Waals surface area contributed by atoms with Gasteiger partial charge in [0.05, 0.1) is 12.6 Å². The zero-order valence-electron chi connectivity index (χ0n) is 10.8. The first-order valence-electron chi connectivity index (χ1n) is 5.84. The average Bonchev–Trinajstić information content (AvgIpc) is 2.38. The monoisotopic (exact) mass is 279 g/mol. The molecule has 2 aromatic carbocycles. The van der Waals surface area contributed by atoms with Crippen LogP contribution in [0.5, 0.6) is 5.75 Å². The fraction of sp³-hybridized carbons (Fsp3) is 0.200. The molecule has 1 atom stereocenters. The molecule has 2 aromatic rings. The molecule has 0 aliphatic heterocycles. The summed E-state index contributed by atoms with van der Waals surface area (Å²) >= 11 is 5.76. The molecule has 4 heteroatoms. The molecule has 0 aliphatic rings. The Morgan fingerprint density at radius 3 is 2.58 bits per heavy atom. The number of benzene rings is 2. The molecule has 100 valence electrons. The highest BCUT2D eigenvalue weighted by Crippen LogP contribution is 2.31. The van der Waals surface area contributed by atoms with Gasteiger partial charge in [-0.05, 0) is 36.8 Å². The lowest BCUT2D eigenvalue weighted by Gasteiger charge is -2.26. The number of methoxy groups -OCH3 is 1. The van der Waals surface area contributed by atoms with Crippen LogP contribution in [0.1, 0.15) is 18.1 Å². The smallest absolute Gasteiger partial charge is 0.130 e. The van der Waals surface area contributed by atoms with Crippen LogP contribution >= 0.6 is 11.6 Å². The zero-order chi connectivity index (χ0) is 14.0. The Kier molecular flexibility index (Phi) is 3.78. The molecule has 1 unspecified atom stereocenters. The van der Waals surface area contributed by atoms with E-state index in [0.717, 1.165) is 5.56 Å². The Morgan fingerprint density at radius 1 is 1.21 bits per heavy atom. The van der Waals surface area contributed by atoms with Crippen LogP contribution in [0.4, 0.5) is 4.39 Å². The zero-order valence-corrected chi connectivity index (χ0v) is 11.5. The maximum Gasteiger partial charge on any atom is 0.130 e. The molecule has 0 bridgehead atoms. The Labute approximate surface area is 117 Å². The molecular weight excluding hydrogens is 265 g/mol. The van der Waals surface area contributed by atoms with Gasteiger partial charge < -0.3 is 10.5 Å². The minimum absolute atomic E-state index is 0.350. The third kappa shape index (κ3) is 2.72. The molecule has 0 amide bonds. The molecule has 0 radical (unpaired) electrons. The second-order valence-corrected chi connectivity index (χ2v) is 4.99. The summed E-state index contributed by atoms with van der Waals surface area (Å²) in [5, 5.41) is 0.350. The van der Waals surface area contributed by atoms with Crippen LogP contribution in [-0.2, 0) is 5.54 Å². The van der Waals surface area contributed by atoms with E-state index in [2.05, 4.69) is 0 Å². The van der Waals surface area contributed by atoms with E-state index in [0.29, 0.717) is 16.3 Å². The Hall–Kier alpha value is -1.58. The maximum absolute atomic E-state index is 14.0. The molecule has 2 N–H and O–H groups in total. The number of halogens is 2. The van der Waals surface area contributed by atoms with Crippen LogP contribution in [0.3, 0.4) is 0 Å². The van der Waals surface area contributed by atoms with Gasteiger partial charge in [0.2, 0.25) is 0 Å². The molecule has 0 spiro atoms. The standard InChI is InChI=1S/C15H15ClFNO/c1-15(18,10-4-3-5-12(8-10)19-2)13-7-6-11(16)9-14(13)17/h3-9H,18H2,1-2H3. The molecule has 0 saturated heterocycles. The highest BCUT2D eigenvalue weighted by Gasteiger charge is 2.27. The minimum atomic E-state index is -0.955.